The van der Waals surface area contributed by atoms with Gasteiger partial charge in [0.1, 0.15) is 11.5 Å². The number of carbonyl (C=O) groups excluding carboxylic acids is 1. The van der Waals surface area contributed by atoms with E-state index in [1.807, 2.05) is 18.2 Å². The number of hydrogen-bond donors (Lipinski definition) is 1. The third-order valence-corrected chi connectivity index (χ3v) is 3.49. The Bertz CT molecular complexity index is 658. The third-order valence-electron chi connectivity index (χ3n) is 3.25. The van der Waals surface area contributed by atoms with E-state index in [9.17, 15) is 4.79 Å². The lowest BCUT2D eigenvalue weighted by atomic mass is 10.1. The molecule has 0 fully saturated rings. The lowest BCUT2D eigenvalue weighted by molar-refractivity contribution is 0.0954. The van der Waals surface area contributed by atoms with Crippen LogP contribution in [0.4, 0.5) is 0 Å². The summed E-state index contributed by atoms with van der Waals surface area (Å²) in [5.41, 5.74) is 1.53. The third kappa shape index (κ3) is 4.15. The van der Waals surface area contributed by atoms with E-state index in [-0.39, 0.29) is 5.91 Å². The zero-order valence-electron chi connectivity index (χ0n) is 12.6. The van der Waals surface area contributed by atoms with Crippen LogP contribution in [0.25, 0.3) is 0 Å². The molecule has 0 aliphatic rings. The Morgan fingerprint density at radius 3 is 2.64 bits per heavy atom. The highest BCUT2D eigenvalue weighted by Gasteiger charge is 2.08. The minimum atomic E-state index is -0.149. The summed E-state index contributed by atoms with van der Waals surface area (Å²) in [5.74, 6) is 1.39. The highest BCUT2D eigenvalue weighted by molar-refractivity contribution is 6.30. The van der Waals surface area contributed by atoms with Crippen LogP contribution in [0.5, 0.6) is 11.5 Å². The van der Waals surface area contributed by atoms with Gasteiger partial charge in [0.2, 0.25) is 0 Å². The lowest BCUT2D eigenvalue weighted by Crippen LogP contribution is -2.25. The first-order valence-electron chi connectivity index (χ1n) is 6.88. The van der Waals surface area contributed by atoms with Gasteiger partial charge in [-0.25, -0.2) is 0 Å². The summed E-state index contributed by atoms with van der Waals surface area (Å²) in [6.45, 7) is 0.495. The van der Waals surface area contributed by atoms with Gasteiger partial charge < -0.3 is 14.8 Å². The molecule has 0 atom stereocenters. The van der Waals surface area contributed by atoms with Gasteiger partial charge in [-0.3, -0.25) is 4.79 Å². The fraction of sp³-hybridized carbons (Fsp3) is 0.235. The summed E-state index contributed by atoms with van der Waals surface area (Å²) >= 11 is 5.88. The number of ether oxygens (including phenoxy) is 2. The van der Waals surface area contributed by atoms with Gasteiger partial charge in [-0.15, -0.1) is 0 Å². The quantitative estimate of drug-likeness (QED) is 0.888. The van der Waals surface area contributed by atoms with Crippen LogP contribution < -0.4 is 14.8 Å². The summed E-state index contributed by atoms with van der Waals surface area (Å²) in [7, 11) is 3.24. The van der Waals surface area contributed by atoms with Crippen LogP contribution in [0.2, 0.25) is 5.02 Å². The second-order valence-corrected chi connectivity index (χ2v) is 5.13. The maximum absolute atomic E-state index is 12.0. The molecule has 4 nitrogen and oxygen atoms in total. The van der Waals surface area contributed by atoms with Crippen LogP contribution in [0.15, 0.2) is 42.5 Å². The van der Waals surface area contributed by atoms with Crippen molar-refractivity contribution in [2.45, 2.75) is 6.42 Å². The fourth-order valence-corrected chi connectivity index (χ4v) is 2.31. The van der Waals surface area contributed by atoms with Crippen LogP contribution in [0.3, 0.4) is 0 Å². The largest absolute Gasteiger partial charge is 0.497 e. The van der Waals surface area contributed by atoms with Gasteiger partial charge in [-0.05, 0) is 48.4 Å². The van der Waals surface area contributed by atoms with Crippen LogP contribution in [0, 0.1) is 0 Å². The van der Waals surface area contributed by atoms with Crippen molar-refractivity contribution >= 4 is 17.5 Å². The number of methoxy groups -OCH3 is 2. The fourth-order valence-electron chi connectivity index (χ4n) is 2.12. The van der Waals surface area contributed by atoms with E-state index in [1.54, 1.807) is 38.5 Å². The van der Waals surface area contributed by atoms with E-state index < -0.39 is 0 Å². The number of rotatable bonds is 6. The van der Waals surface area contributed by atoms with E-state index in [4.69, 9.17) is 21.1 Å². The van der Waals surface area contributed by atoms with Crippen LogP contribution in [-0.4, -0.2) is 26.7 Å². The van der Waals surface area contributed by atoms with Crippen molar-refractivity contribution in [3.8, 4) is 11.5 Å². The van der Waals surface area contributed by atoms with Crippen molar-refractivity contribution in [3.63, 3.8) is 0 Å². The predicted molar refractivity (Wildman–Crippen MR) is 87.0 cm³/mol. The van der Waals surface area contributed by atoms with E-state index >= 15 is 0 Å². The molecule has 1 amide bonds. The first-order chi connectivity index (χ1) is 10.6. The van der Waals surface area contributed by atoms with E-state index in [0.29, 0.717) is 23.6 Å². The normalized spacial score (nSPS) is 10.1. The molecule has 0 bridgehead atoms. The Hall–Kier alpha value is -2.20. The van der Waals surface area contributed by atoms with Crippen molar-refractivity contribution in [1.29, 1.82) is 0 Å². The average molecular weight is 320 g/mol. The number of benzene rings is 2. The molecule has 2 aromatic carbocycles. The molecule has 0 saturated carbocycles. The molecule has 22 heavy (non-hydrogen) atoms. The van der Waals surface area contributed by atoms with E-state index in [1.165, 1.54) is 0 Å². The standard InChI is InChI=1S/C17H18ClNO3/c1-21-15-6-7-16(22-2)12(11-15)8-9-19-17(20)13-4-3-5-14(18)10-13/h3-7,10-11H,8-9H2,1-2H3,(H,19,20). The molecule has 0 aliphatic carbocycles. The SMILES string of the molecule is COc1ccc(OC)c(CCNC(=O)c2cccc(Cl)c2)c1. The molecule has 0 spiro atoms. The average Bonchev–Trinajstić information content (AvgIpc) is 2.54. The van der Waals surface area contributed by atoms with Crippen molar-refractivity contribution in [2.75, 3.05) is 20.8 Å². The lowest BCUT2D eigenvalue weighted by Gasteiger charge is -2.11. The van der Waals surface area contributed by atoms with E-state index in [0.717, 1.165) is 17.1 Å². The maximum Gasteiger partial charge on any atom is 0.251 e. The van der Waals surface area contributed by atoms with Crippen LogP contribution in [0.1, 0.15) is 15.9 Å². The first kappa shape index (κ1) is 16.2. The topological polar surface area (TPSA) is 47.6 Å². The first-order valence-corrected chi connectivity index (χ1v) is 7.26. The molecule has 116 valence electrons. The predicted octanol–water partition coefficient (Wildman–Crippen LogP) is 3.33. The van der Waals surface area contributed by atoms with Gasteiger partial charge in [0, 0.05) is 17.1 Å². The zero-order valence-corrected chi connectivity index (χ0v) is 13.3. The number of halogens is 1. The molecule has 0 unspecified atom stereocenters. The molecule has 0 radical (unpaired) electrons. The van der Waals surface area contributed by atoms with Gasteiger partial charge in [0.25, 0.3) is 5.91 Å². The monoisotopic (exact) mass is 319 g/mol. The molecule has 0 heterocycles. The number of hydrogen-bond acceptors (Lipinski definition) is 3. The molecule has 0 aliphatic heterocycles. The molecule has 5 heteroatoms. The summed E-state index contributed by atoms with van der Waals surface area (Å²) in [4.78, 5) is 12.0. The molecule has 2 rings (SSSR count). The Morgan fingerprint density at radius 2 is 1.95 bits per heavy atom. The minimum Gasteiger partial charge on any atom is -0.497 e. The van der Waals surface area contributed by atoms with Gasteiger partial charge in [0.05, 0.1) is 14.2 Å². The number of amides is 1. The Morgan fingerprint density at radius 1 is 1.14 bits per heavy atom. The van der Waals surface area contributed by atoms with Crippen molar-refractivity contribution in [2.24, 2.45) is 0 Å². The van der Waals surface area contributed by atoms with Crippen molar-refractivity contribution < 1.29 is 14.3 Å². The molecule has 1 N–H and O–H groups in total. The minimum absolute atomic E-state index is 0.149. The number of nitrogens with one attached hydrogen (secondary N) is 1. The second kappa shape index (κ2) is 7.71. The summed E-state index contributed by atoms with van der Waals surface area (Å²) in [6.07, 6.45) is 0.646. The summed E-state index contributed by atoms with van der Waals surface area (Å²) < 4.78 is 10.5. The summed E-state index contributed by atoms with van der Waals surface area (Å²) in [6, 6.07) is 12.5. The van der Waals surface area contributed by atoms with Crippen LogP contribution in [-0.2, 0) is 6.42 Å². The Balaban J connectivity index is 1.97. The second-order valence-electron chi connectivity index (χ2n) is 4.69. The Labute approximate surface area is 135 Å². The Kier molecular flexibility index (Phi) is 5.67. The zero-order chi connectivity index (χ0) is 15.9. The molecular weight excluding hydrogens is 302 g/mol. The van der Waals surface area contributed by atoms with Crippen molar-refractivity contribution in [3.05, 3.63) is 58.6 Å². The molecule has 0 aromatic heterocycles. The highest BCUT2D eigenvalue weighted by Crippen LogP contribution is 2.24. The summed E-state index contributed by atoms with van der Waals surface area (Å²) in [5, 5.41) is 3.41. The molecule has 0 saturated heterocycles. The van der Waals surface area contributed by atoms with Crippen LogP contribution >= 0.6 is 11.6 Å². The van der Waals surface area contributed by atoms with Crippen molar-refractivity contribution in [1.82, 2.24) is 5.32 Å². The van der Waals surface area contributed by atoms with Gasteiger partial charge in [-0.1, -0.05) is 17.7 Å². The van der Waals surface area contributed by atoms with Gasteiger partial charge >= 0.3 is 0 Å². The molecular formula is C17H18ClNO3. The molecule has 2 aromatic rings. The van der Waals surface area contributed by atoms with Gasteiger partial charge in [-0.2, -0.15) is 0 Å². The smallest absolute Gasteiger partial charge is 0.251 e. The number of carbonyl (C=O) groups is 1. The van der Waals surface area contributed by atoms with Gasteiger partial charge in [0.15, 0.2) is 0 Å². The van der Waals surface area contributed by atoms with E-state index in [2.05, 4.69) is 5.32 Å². The maximum atomic E-state index is 12.0. The highest BCUT2D eigenvalue weighted by atomic mass is 35.5.